The smallest absolute Gasteiger partial charge is 0.289 e. The topological polar surface area (TPSA) is 323 Å². The van der Waals surface area contributed by atoms with Gasteiger partial charge in [0.25, 0.3) is 5.92 Å². The molecule has 17 atom stereocenters. The van der Waals surface area contributed by atoms with Crippen molar-refractivity contribution in [3.8, 4) is 0 Å². The first-order chi connectivity index (χ1) is 22.3. The van der Waals surface area contributed by atoms with Crippen molar-refractivity contribution in [1.29, 1.82) is 0 Å². The van der Waals surface area contributed by atoms with E-state index in [9.17, 15) is 30.6 Å². The normalized spacial score (nSPS) is 46.5. The van der Waals surface area contributed by atoms with Gasteiger partial charge in [-0.05, 0) is 35.9 Å². The fraction of sp³-hybridized carbons (Fsp3) is 1.00. The van der Waals surface area contributed by atoms with E-state index in [1.54, 1.807) is 6.92 Å². The summed E-state index contributed by atoms with van der Waals surface area (Å²) in [5.74, 6) is -4.90. The van der Waals surface area contributed by atoms with Gasteiger partial charge in [-0.3, -0.25) is 0 Å². The maximum absolute atomic E-state index is 15.3. The lowest BCUT2D eigenvalue weighted by Gasteiger charge is -2.48. The van der Waals surface area contributed by atoms with Gasteiger partial charge in [-0.1, -0.05) is 22.3 Å². The molecule has 0 amide bonds. The molecule has 4 fully saturated rings. The molecule has 4 rings (SSSR count). The SMILES string of the molecule is C[C@@H]1O[C@H](O[C@H]2[C@@H](O)[C@H](O[C@H]3[C@H](O[C@H]4O[C@H](CN=[N+]=[N-])[C@@H](O)C(F)(F)C4N=[N+]=[N-])[C@@H](C)CC(N=[N+]=[N-])[C@@H]3O)O[C@@H]2CO)C[C@@H](O)[C@@H]1O. The molecule has 23 heteroatoms. The highest BCUT2D eigenvalue weighted by atomic mass is 19.3. The van der Waals surface area contributed by atoms with Crippen LogP contribution in [0.1, 0.15) is 26.7 Å². The summed E-state index contributed by atoms with van der Waals surface area (Å²) in [5.41, 5.74) is 26.7. The number of aliphatic hydroxyl groups excluding tert-OH is 6. The summed E-state index contributed by atoms with van der Waals surface area (Å²) in [6.45, 7) is 1.58. The molecule has 3 aliphatic heterocycles. The van der Waals surface area contributed by atoms with Crippen LogP contribution in [0.15, 0.2) is 15.3 Å². The van der Waals surface area contributed by atoms with Crippen LogP contribution in [0, 0.1) is 5.92 Å². The highest BCUT2D eigenvalue weighted by Crippen LogP contribution is 2.41. The van der Waals surface area contributed by atoms with Gasteiger partial charge < -0.3 is 59.1 Å². The summed E-state index contributed by atoms with van der Waals surface area (Å²) in [4.78, 5) is 7.62. The van der Waals surface area contributed by atoms with Crippen LogP contribution in [0.5, 0.6) is 0 Å². The second-order valence-corrected chi connectivity index (χ2v) is 11.8. The second-order valence-electron chi connectivity index (χ2n) is 11.8. The summed E-state index contributed by atoms with van der Waals surface area (Å²) in [6.07, 6.45) is -21.7. The summed E-state index contributed by atoms with van der Waals surface area (Å²) in [7, 11) is 0. The minimum Gasteiger partial charge on any atom is -0.394 e. The second kappa shape index (κ2) is 15.7. The van der Waals surface area contributed by atoms with Gasteiger partial charge in [-0.15, -0.1) is 0 Å². The number of azide groups is 3. The number of halogens is 2. The molecule has 1 saturated carbocycles. The molecule has 0 aromatic rings. The largest absolute Gasteiger partial charge is 0.394 e. The van der Waals surface area contributed by atoms with Gasteiger partial charge in [0, 0.05) is 21.2 Å². The zero-order valence-corrected chi connectivity index (χ0v) is 25.1. The average Bonchev–Trinajstić information content (AvgIpc) is 3.32. The van der Waals surface area contributed by atoms with E-state index in [4.69, 9.17) is 45.0 Å². The van der Waals surface area contributed by atoms with Crippen LogP contribution >= 0.6 is 0 Å². The number of rotatable bonds is 11. The maximum Gasteiger partial charge on any atom is 0.289 e. The fourth-order valence-electron chi connectivity index (χ4n) is 6.15. The predicted molar refractivity (Wildman–Crippen MR) is 147 cm³/mol. The molecular weight excluding hydrogens is 644 g/mol. The van der Waals surface area contributed by atoms with E-state index in [1.165, 1.54) is 6.92 Å². The van der Waals surface area contributed by atoms with Gasteiger partial charge in [0.1, 0.15) is 36.6 Å². The van der Waals surface area contributed by atoms with E-state index >= 15 is 8.78 Å². The highest BCUT2D eigenvalue weighted by molar-refractivity contribution is 5.03. The summed E-state index contributed by atoms with van der Waals surface area (Å²) in [5, 5.41) is 72.4. The third kappa shape index (κ3) is 7.81. The van der Waals surface area contributed by atoms with Crippen molar-refractivity contribution in [2.45, 2.75) is 131 Å². The summed E-state index contributed by atoms with van der Waals surface area (Å²) in [6, 6.07) is -3.58. The minimum atomic E-state index is -4.14. The monoisotopic (exact) mass is 681 g/mol. The quantitative estimate of drug-likeness (QED) is 0.0943. The van der Waals surface area contributed by atoms with Crippen molar-refractivity contribution < 1.29 is 67.8 Å². The van der Waals surface area contributed by atoms with Gasteiger partial charge >= 0.3 is 0 Å². The highest BCUT2D eigenvalue weighted by Gasteiger charge is 2.60. The van der Waals surface area contributed by atoms with Gasteiger partial charge in [0.05, 0.1) is 49.7 Å². The van der Waals surface area contributed by atoms with Gasteiger partial charge in [0.2, 0.25) is 0 Å². The Balaban J connectivity index is 1.60. The van der Waals surface area contributed by atoms with Crippen molar-refractivity contribution in [2.24, 2.45) is 21.3 Å². The van der Waals surface area contributed by atoms with Crippen molar-refractivity contribution in [1.82, 2.24) is 0 Å². The molecule has 1 aliphatic carbocycles. The third-order valence-corrected chi connectivity index (χ3v) is 8.67. The van der Waals surface area contributed by atoms with Crippen molar-refractivity contribution in [2.75, 3.05) is 13.2 Å². The Bertz CT molecular complexity index is 1220. The number of ether oxygens (including phenoxy) is 6. The number of hydrogen-bond acceptors (Lipinski definition) is 15. The number of alkyl halides is 2. The molecule has 21 nitrogen and oxygen atoms in total. The van der Waals surface area contributed by atoms with Crippen LogP contribution in [0.2, 0.25) is 0 Å². The van der Waals surface area contributed by atoms with Gasteiger partial charge in [-0.25, -0.2) is 8.78 Å². The molecule has 264 valence electrons. The summed E-state index contributed by atoms with van der Waals surface area (Å²) >= 11 is 0. The van der Waals surface area contributed by atoms with E-state index < -0.39 is 123 Å². The molecule has 0 spiro atoms. The number of nitrogens with zero attached hydrogens (tertiary/aromatic N) is 9. The molecule has 4 aliphatic rings. The molecule has 3 heterocycles. The van der Waals surface area contributed by atoms with Crippen molar-refractivity contribution >= 4 is 0 Å². The van der Waals surface area contributed by atoms with Crippen molar-refractivity contribution in [3.63, 3.8) is 0 Å². The Hall–Kier alpha value is -2.69. The average molecular weight is 682 g/mol. The van der Waals surface area contributed by atoms with Crippen LogP contribution in [-0.2, 0) is 28.4 Å². The molecular formula is C24H37F2N9O12. The third-order valence-electron chi connectivity index (χ3n) is 8.67. The number of hydrogen-bond donors (Lipinski definition) is 6. The number of aliphatic hydroxyl groups is 6. The van der Waals surface area contributed by atoms with Gasteiger partial charge in [-0.2, -0.15) is 0 Å². The van der Waals surface area contributed by atoms with E-state index in [0.29, 0.717) is 0 Å². The lowest BCUT2D eigenvalue weighted by atomic mass is 9.80. The van der Waals surface area contributed by atoms with Crippen LogP contribution in [0.3, 0.4) is 0 Å². The standard InChI is InChI=1S/C24H37F2N9O12/c1-7-3-9(31-34-28)15(39)19(17(7)46-23-20(32-35-29)24(25,26)21(41)11(43-23)5-30-33-27)47-22-16(40)18(12(6-36)44-22)45-13-4-10(37)14(38)8(2)42-13/h7-23,36-41H,3-6H2,1-2H3/t7-,8-,9?,10+,11+,12+,13+,14+,15-,16+,17+,18+,19+,20?,21+,22-,23+/m0/s1. The minimum absolute atomic E-state index is 0.0553. The fourth-order valence-corrected chi connectivity index (χ4v) is 6.15. The molecule has 0 radical (unpaired) electrons. The molecule has 0 aromatic carbocycles. The molecule has 3 saturated heterocycles. The first-order valence-electron chi connectivity index (χ1n) is 14.7. The Morgan fingerprint density at radius 3 is 2.06 bits per heavy atom. The Labute approximate surface area is 264 Å². The molecule has 47 heavy (non-hydrogen) atoms. The van der Waals surface area contributed by atoms with Crippen LogP contribution in [0.4, 0.5) is 8.78 Å². The van der Waals surface area contributed by atoms with Gasteiger partial charge in [0.15, 0.2) is 24.9 Å². The van der Waals surface area contributed by atoms with E-state index in [2.05, 4.69) is 30.1 Å². The van der Waals surface area contributed by atoms with E-state index in [1.807, 2.05) is 0 Å². The Morgan fingerprint density at radius 2 is 1.45 bits per heavy atom. The van der Waals surface area contributed by atoms with Crippen LogP contribution < -0.4 is 0 Å². The van der Waals surface area contributed by atoms with Crippen LogP contribution in [0.25, 0.3) is 31.3 Å². The molecule has 6 N–H and O–H groups in total. The Morgan fingerprint density at radius 1 is 0.787 bits per heavy atom. The lowest BCUT2D eigenvalue weighted by molar-refractivity contribution is -0.334. The van der Waals surface area contributed by atoms with E-state index in [-0.39, 0.29) is 12.8 Å². The molecule has 2 unspecified atom stereocenters. The molecule has 0 aromatic heterocycles. The van der Waals surface area contributed by atoms with Crippen molar-refractivity contribution in [3.05, 3.63) is 31.3 Å². The maximum atomic E-state index is 15.3. The zero-order valence-electron chi connectivity index (χ0n) is 25.1. The Kier molecular flexibility index (Phi) is 12.4. The van der Waals surface area contributed by atoms with Crippen LogP contribution in [-0.4, -0.2) is 148 Å². The molecule has 0 bridgehead atoms. The predicted octanol–water partition coefficient (Wildman–Crippen LogP) is -0.133. The lowest BCUT2D eigenvalue weighted by Crippen LogP contribution is -2.65. The first kappa shape index (κ1) is 37.1. The zero-order chi connectivity index (χ0) is 34.6. The summed E-state index contributed by atoms with van der Waals surface area (Å²) < 4.78 is 64.8. The first-order valence-corrected chi connectivity index (χ1v) is 14.7. The van der Waals surface area contributed by atoms with E-state index in [0.717, 1.165) is 0 Å².